The normalized spacial score (nSPS) is 11.4. The molecule has 0 fully saturated rings. The van der Waals surface area contributed by atoms with Crippen molar-refractivity contribution >= 4 is 16.6 Å². The lowest BCUT2D eigenvalue weighted by Crippen LogP contribution is -2.26. The molecule has 1 aromatic carbocycles. The van der Waals surface area contributed by atoms with Crippen LogP contribution in [0.3, 0.4) is 0 Å². The van der Waals surface area contributed by atoms with Gasteiger partial charge in [-0.1, -0.05) is 6.07 Å². The number of aryl methyl sites for hydroxylation is 2. The third-order valence-corrected chi connectivity index (χ3v) is 3.08. The fourth-order valence-corrected chi connectivity index (χ4v) is 2.03. The van der Waals surface area contributed by atoms with Gasteiger partial charge >= 0.3 is 11.4 Å². The molecule has 0 aliphatic carbocycles. The first-order chi connectivity index (χ1) is 8.09. The molecular weight excluding hydrogens is 220 g/mol. The molecule has 6 heteroatoms. The van der Waals surface area contributed by atoms with Crippen LogP contribution in [0.1, 0.15) is 11.1 Å². The molecule has 2 N–H and O–H groups in total. The van der Waals surface area contributed by atoms with Gasteiger partial charge in [-0.25, -0.2) is 14.7 Å². The Morgan fingerprint density at radius 2 is 1.94 bits per heavy atom. The van der Waals surface area contributed by atoms with Crippen LogP contribution in [0.4, 0.5) is 0 Å². The Morgan fingerprint density at radius 1 is 1.18 bits per heavy atom. The summed E-state index contributed by atoms with van der Waals surface area (Å²) in [7, 11) is 0. The van der Waals surface area contributed by atoms with Gasteiger partial charge in [-0.3, -0.25) is 0 Å². The molecule has 3 rings (SSSR count). The summed E-state index contributed by atoms with van der Waals surface area (Å²) < 4.78 is 1.01. The van der Waals surface area contributed by atoms with E-state index < -0.39 is 11.4 Å². The Hall–Kier alpha value is -2.37. The average Bonchev–Trinajstić information content (AvgIpc) is 2.67. The average molecular weight is 230 g/mol. The van der Waals surface area contributed by atoms with Crippen molar-refractivity contribution in [1.29, 1.82) is 0 Å². The first-order valence-electron chi connectivity index (χ1n) is 5.19. The molecule has 0 radical (unpaired) electrons. The zero-order valence-corrected chi connectivity index (χ0v) is 9.37. The molecule has 6 nitrogen and oxygen atoms in total. The van der Waals surface area contributed by atoms with Crippen molar-refractivity contribution in [2.24, 2.45) is 0 Å². The highest BCUT2D eigenvalue weighted by Crippen LogP contribution is 2.21. The summed E-state index contributed by atoms with van der Waals surface area (Å²) in [5.41, 5.74) is 2.14. The molecule has 2 heterocycles. The minimum atomic E-state index is -0.524. The van der Waals surface area contributed by atoms with Crippen LogP contribution in [0.25, 0.3) is 16.6 Å². The second-order valence-electron chi connectivity index (χ2n) is 4.05. The van der Waals surface area contributed by atoms with Gasteiger partial charge in [0.15, 0.2) is 5.65 Å². The van der Waals surface area contributed by atoms with Gasteiger partial charge in [0.05, 0.1) is 5.52 Å². The van der Waals surface area contributed by atoms with Crippen molar-refractivity contribution in [3.63, 3.8) is 0 Å². The number of H-pyrrole nitrogens is 2. The first kappa shape index (κ1) is 9.83. The highest BCUT2D eigenvalue weighted by molar-refractivity contribution is 5.94. The minimum Gasteiger partial charge on any atom is -0.306 e. The van der Waals surface area contributed by atoms with Crippen LogP contribution in [0, 0.1) is 13.8 Å². The number of aromatic nitrogens is 4. The molecule has 0 saturated heterocycles. The summed E-state index contributed by atoms with van der Waals surface area (Å²) in [6, 6.07) is 3.74. The molecule has 0 amide bonds. The summed E-state index contributed by atoms with van der Waals surface area (Å²) in [6.07, 6.45) is 0. The number of aromatic amines is 2. The Labute approximate surface area is 94.9 Å². The quantitative estimate of drug-likeness (QED) is 0.589. The van der Waals surface area contributed by atoms with Crippen molar-refractivity contribution in [3.8, 4) is 0 Å². The number of hydrogen-bond acceptors (Lipinski definition) is 3. The number of rotatable bonds is 0. The van der Waals surface area contributed by atoms with Gasteiger partial charge in [0.2, 0.25) is 0 Å². The van der Waals surface area contributed by atoms with Crippen LogP contribution in [-0.4, -0.2) is 19.6 Å². The second-order valence-corrected chi connectivity index (χ2v) is 4.05. The Balaban J connectivity index is 2.76. The van der Waals surface area contributed by atoms with Crippen molar-refractivity contribution in [2.75, 3.05) is 0 Å². The maximum absolute atomic E-state index is 11.7. The summed E-state index contributed by atoms with van der Waals surface area (Å²) in [5, 5.41) is 7.00. The van der Waals surface area contributed by atoms with Crippen molar-refractivity contribution in [1.82, 2.24) is 19.6 Å². The maximum atomic E-state index is 11.7. The van der Waals surface area contributed by atoms with Crippen LogP contribution in [-0.2, 0) is 0 Å². The van der Waals surface area contributed by atoms with Gasteiger partial charge in [0.25, 0.3) is 0 Å². The summed E-state index contributed by atoms with van der Waals surface area (Å²) in [4.78, 5) is 25.9. The van der Waals surface area contributed by atoms with Gasteiger partial charge in [0.1, 0.15) is 0 Å². The van der Waals surface area contributed by atoms with E-state index >= 15 is 0 Å². The lowest BCUT2D eigenvalue weighted by atomic mass is 10.1. The Bertz CT molecular complexity index is 853. The number of nitrogens with one attached hydrogen (secondary N) is 2. The van der Waals surface area contributed by atoms with E-state index in [9.17, 15) is 9.59 Å². The van der Waals surface area contributed by atoms with E-state index in [4.69, 9.17) is 0 Å². The van der Waals surface area contributed by atoms with Crippen LogP contribution in [0.5, 0.6) is 0 Å². The molecule has 0 bridgehead atoms. The Kier molecular flexibility index (Phi) is 1.77. The largest absolute Gasteiger partial charge is 0.351 e. The smallest absolute Gasteiger partial charge is 0.306 e. The van der Waals surface area contributed by atoms with Crippen molar-refractivity contribution in [3.05, 3.63) is 44.2 Å². The zero-order valence-electron chi connectivity index (χ0n) is 9.37. The van der Waals surface area contributed by atoms with Gasteiger partial charge in [-0.15, -0.1) is 0 Å². The van der Waals surface area contributed by atoms with Crippen LogP contribution < -0.4 is 11.4 Å². The minimum absolute atomic E-state index is 0.370. The predicted molar refractivity (Wildman–Crippen MR) is 63.4 cm³/mol. The van der Waals surface area contributed by atoms with E-state index in [-0.39, 0.29) is 0 Å². The van der Waals surface area contributed by atoms with E-state index in [0.29, 0.717) is 11.2 Å². The third-order valence-electron chi connectivity index (χ3n) is 3.08. The van der Waals surface area contributed by atoms with E-state index in [1.807, 2.05) is 26.0 Å². The number of benzene rings is 1. The molecule has 0 aliphatic rings. The standard InChI is InChI=1S/C11H10N4O2/c1-5-3-4-7-8(6(5)2)9-13-14-11(17)15(9)10(16)12-7/h3-4H,1-2H3,(H,12,16)(H,14,17). The summed E-state index contributed by atoms with van der Waals surface area (Å²) in [6.45, 7) is 3.91. The number of fused-ring (bicyclic) bond motifs is 3. The highest BCUT2D eigenvalue weighted by atomic mass is 16.2. The van der Waals surface area contributed by atoms with Crippen molar-refractivity contribution in [2.45, 2.75) is 13.8 Å². The maximum Gasteiger partial charge on any atom is 0.351 e. The molecule has 0 spiro atoms. The fraction of sp³-hybridized carbons (Fsp3) is 0.182. The van der Waals surface area contributed by atoms with Gasteiger partial charge in [-0.2, -0.15) is 9.50 Å². The second kappa shape index (κ2) is 3.07. The lowest BCUT2D eigenvalue weighted by molar-refractivity contribution is 0.957. The van der Waals surface area contributed by atoms with Crippen LogP contribution >= 0.6 is 0 Å². The third kappa shape index (κ3) is 1.17. The van der Waals surface area contributed by atoms with Gasteiger partial charge < -0.3 is 4.98 Å². The predicted octanol–water partition coefficient (Wildman–Crippen LogP) is 0.481. The molecule has 2 aromatic heterocycles. The van der Waals surface area contributed by atoms with Crippen LogP contribution in [0.15, 0.2) is 21.7 Å². The lowest BCUT2D eigenvalue weighted by Gasteiger charge is -2.05. The zero-order chi connectivity index (χ0) is 12.2. The fourth-order valence-electron chi connectivity index (χ4n) is 2.03. The molecule has 0 atom stereocenters. The highest BCUT2D eigenvalue weighted by Gasteiger charge is 2.11. The van der Waals surface area contributed by atoms with Gasteiger partial charge in [0, 0.05) is 5.39 Å². The monoisotopic (exact) mass is 230 g/mol. The molecule has 0 saturated carbocycles. The molecule has 86 valence electrons. The van der Waals surface area contributed by atoms with E-state index in [1.54, 1.807) is 0 Å². The molecular formula is C11H10N4O2. The Morgan fingerprint density at radius 3 is 2.71 bits per heavy atom. The topological polar surface area (TPSA) is 83.0 Å². The van der Waals surface area contributed by atoms with Crippen LogP contribution in [0.2, 0.25) is 0 Å². The van der Waals surface area contributed by atoms with Crippen molar-refractivity contribution < 1.29 is 0 Å². The number of hydrogen-bond donors (Lipinski definition) is 2. The first-order valence-corrected chi connectivity index (χ1v) is 5.19. The SMILES string of the molecule is Cc1ccc2[nH]c(=O)n3c(=O)[nH]nc3c2c1C. The van der Waals surface area contributed by atoms with Gasteiger partial charge in [-0.05, 0) is 31.0 Å². The summed E-state index contributed by atoms with van der Waals surface area (Å²) >= 11 is 0. The summed E-state index contributed by atoms with van der Waals surface area (Å²) in [5.74, 6) is 0. The molecule has 0 unspecified atom stereocenters. The number of nitrogens with zero attached hydrogens (tertiary/aromatic N) is 2. The van der Waals surface area contributed by atoms with E-state index in [0.717, 1.165) is 20.9 Å². The molecule has 17 heavy (non-hydrogen) atoms. The molecule has 3 aromatic rings. The van der Waals surface area contributed by atoms with E-state index in [1.165, 1.54) is 0 Å². The molecule has 0 aliphatic heterocycles. The van der Waals surface area contributed by atoms with E-state index in [2.05, 4.69) is 15.2 Å².